The van der Waals surface area contributed by atoms with Crippen LogP contribution in [0.25, 0.3) is 0 Å². The number of piperidine rings is 1. The van der Waals surface area contributed by atoms with E-state index < -0.39 is 0 Å². The zero-order valence-electron chi connectivity index (χ0n) is 11.3. The van der Waals surface area contributed by atoms with E-state index in [1.54, 1.807) is 19.0 Å². The van der Waals surface area contributed by atoms with Crippen LogP contribution in [0, 0.1) is 0 Å². The number of urea groups is 1. The molecule has 0 aromatic carbocycles. The number of nitrogens with zero attached hydrogens (tertiary/aromatic N) is 3. The SMILES string of the molecule is CC1OC2(CCN(C(=O)N(C)C)CC2)CN1C. The van der Waals surface area contributed by atoms with Crippen LogP contribution in [0.2, 0.25) is 0 Å². The van der Waals surface area contributed by atoms with Crippen molar-refractivity contribution in [3.63, 3.8) is 0 Å². The van der Waals surface area contributed by atoms with E-state index in [0.29, 0.717) is 0 Å². The first-order chi connectivity index (χ1) is 7.93. The minimum absolute atomic E-state index is 0.0166. The van der Waals surface area contributed by atoms with Crippen LogP contribution in [0.5, 0.6) is 0 Å². The number of likely N-dealkylation sites (N-methyl/N-ethyl adjacent to an activating group) is 1. The van der Waals surface area contributed by atoms with Crippen molar-refractivity contribution < 1.29 is 9.53 Å². The third-order valence-corrected chi connectivity index (χ3v) is 3.91. The summed E-state index contributed by atoms with van der Waals surface area (Å²) in [5.41, 5.74) is -0.0166. The number of carbonyl (C=O) groups excluding carboxylic acids is 1. The number of hydrogen-bond acceptors (Lipinski definition) is 3. The van der Waals surface area contributed by atoms with Crippen molar-refractivity contribution in [1.29, 1.82) is 0 Å². The highest BCUT2D eigenvalue weighted by Gasteiger charge is 2.44. The number of amides is 2. The molecule has 1 unspecified atom stereocenters. The van der Waals surface area contributed by atoms with Crippen LogP contribution < -0.4 is 0 Å². The van der Waals surface area contributed by atoms with Crippen LogP contribution in [-0.2, 0) is 4.74 Å². The molecule has 1 atom stereocenters. The number of hydrogen-bond donors (Lipinski definition) is 0. The Bertz CT molecular complexity index is 286. The summed E-state index contributed by atoms with van der Waals surface area (Å²) in [6.07, 6.45) is 2.09. The monoisotopic (exact) mass is 241 g/mol. The molecule has 2 aliphatic rings. The van der Waals surface area contributed by atoms with Gasteiger partial charge in [0.1, 0.15) is 6.23 Å². The average Bonchev–Trinajstić information content (AvgIpc) is 2.54. The van der Waals surface area contributed by atoms with Gasteiger partial charge in [-0.15, -0.1) is 0 Å². The summed E-state index contributed by atoms with van der Waals surface area (Å²) in [4.78, 5) is 17.6. The smallest absolute Gasteiger partial charge is 0.319 e. The second-order valence-electron chi connectivity index (χ2n) is 5.48. The lowest BCUT2D eigenvalue weighted by Crippen LogP contribution is -2.50. The van der Waals surface area contributed by atoms with Crippen LogP contribution in [0.3, 0.4) is 0 Å². The molecule has 0 aliphatic carbocycles. The Hall–Kier alpha value is -0.810. The Morgan fingerprint density at radius 2 is 1.94 bits per heavy atom. The summed E-state index contributed by atoms with van der Waals surface area (Å²) in [5, 5.41) is 0. The fraction of sp³-hybridized carbons (Fsp3) is 0.917. The van der Waals surface area contributed by atoms with Crippen LogP contribution in [-0.4, -0.2) is 73.3 Å². The van der Waals surface area contributed by atoms with Crippen molar-refractivity contribution in [1.82, 2.24) is 14.7 Å². The highest BCUT2D eigenvalue weighted by atomic mass is 16.5. The van der Waals surface area contributed by atoms with Gasteiger partial charge in [-0.2, -0.15) is 0 Å². The van der Waals surface area contributed by atoms with Crippen molar-refractivity contribution in [3.05, 3.63) is 0 Å². The second kappa shape index (κ2) is 4.46. The lowest BCUT2D eigenvalue weighted by Gasteiger charge is -2.39. The van der Waals surface area contributed by atoms with Gasteiger partial charge in [0.25, 0.3) is 0 Å². The summed E-state index contributed by atoms with van der Waals surface area (Å²) < 4.78 is 6.06. The summed E-state index contributed by atoms with van der Waals surface area (Å²) >= 11 is 0. The largest absolute Gasteiger partial charge is 0.356 e. The highest BCUT2D eigenvalue weighted by Crippen LogP contribution is 2.34. The lowest BCUT2D eigenvalue weighted by atomic mass is 9.91. The van der Waals surface area contributed by atoms with Gasteiger partial charge in [-0.3, -0.25) is 4.90 Å². The second-order valence-corrected chi connectivity index (χ2v) is 5.48. The number of ether oxygens (including phenoxy) is 1. The highest BCUT2D eigenvalue weighted by molar-refractivity contribution is 5.73. The van der Waals surface area contributed by atoms with E-state index in [4.69, 9.17) is 4.74 Å². The van der Waals surface area contributed by atoms with Gasteiger partial charge in [-0.1, -0.05) is 0 Å². The van der Waals surface area contributed by atoms with Gasteiger partial charge in [-0.25, -0.2) is 4.79 Å². The Kier molecular flexibility index (Phi) is 3.32. The normalized spacial score (nSPS) is 28.7. The van der Waals surface area contributed by atoms with Crippen LogP contribution in [0.15, 0.2) is 0 Å². The number of likely N-dealkylation sites (tertiary alicyclic amines) is 1. The first-order valence-corrected chi connectivity index (χ1v) is 6.28. The minimum atomic E-state index is -0.0166. The molecule has 2 rings (SSSR count). The predicted octanol–water partition coefficient (Wildman–Crippen LogP) is 0.811. The zero-order chi connectivity index (χ0) is 12.6. The van der Waals surface area contributed by atoms with Crippen molar-refractivity contribution in [2.45, 2.75) is 31.6 Å². The maximum absolute atomic E-state index is 11.8. The van der Waals surface area contributed by atoms with Gasteiger partial charge in [0.05, 0.1) is 5.60 Å². The molecule has 1 spiro atoms. The molecule has 0 radical (unpaired) electrons. The molecule has 2 heterocycles. The maximum Gasteiger partial charge on any atom is 0.319 e. The molecule has 0 aromatic rings. The molecule has 0 N–H and O–H groups in total. The minimum Gasteiger partial charge on any atom is -0.356 e. The van der Waals surface area contributed by atoms with E-state index in [9.17, 15) is 4.79 Å². The average molecular weight is 241 g/mol. The summed E-state index contributed by atoms with van der Waals surface area (Å²) in [5.74, 6) is 0. The number of carbonyl (C=O) groups is 1. The van der Waals surface area contributed by atoms with Gasteiger partial charge in [0.2, 0.25) is 0 Å². The topological polar surface area (TPSA) is 36.0 Å². The fourth-order valence-corrected chi connectivity index (χ4v) is 2.74. The molecule has 2 fully saturated rings. The standard InChI is InChI=1S/C12H23N3O2/c1-10-14(4)9-12(17-10)5-7-15(8-6-12)11(16)13(2)3/h10H,5-9H2,1-4H3. The van der Waals surface area contributed by atoms with E-state index in [-0.39, 0.29) is 17.9 Å². The first-order valence-electron chi connectivity index (χ1n) is 6.28. The van der Waals surface area contributed by atoms with Gasteiger partial charge >= 0.3 is 6.03 Å². The van der Waals surface area contributed by atoms with E-state index in [1.807, 2.05) is 4.90 Å². The lowest BCUT2D eigenvalue weighted by molar-refractivity contribution is -0.0712. The van der Waals surface area contributed by atoms with Gasteiger partial charge < -0.3 is 14.5 Å². The molecule has 0 saturated carbocycles. The molecule has 98 valence electrons. The quantitative estimate of drug-likeness (QED) is 0.629. The van der Waals surface area contributed by atoms with Crippen LogP contribution >= 0.6 is 0 Å². The van der Waals surface area contributed by atoms with E-state index in [0.717, 1.165) is 32.5 Å². The van der Waals surface area contributed by atoms with Gasteiger partial charge in [-0.05, 0) is 26.8 Å². The molecule has 0 bridgehead atoms. The Labute approximate surface area is 103 Å². The van der Waals surface area contributed by atoms with Crippen molar-refractivity contribution in [2.75, 3.05) is 40.8 Å². The molecule has 2 aliphatic heterocycles. The van der Waals surface area contributed by atoms with Crippen LogP contribution in [0.1, 0.15) is 19.8 Å². The Morgan fingerprint density at radius 3 is 2.35 bits per heavy atom. The van der Waals surface area contributed by atoms with Gasteiger partial charge in [0.15, 0.2) is 0 Å². The third kappa shape index (κ3) is 2.40. The summed E-state index contributed by atoms with van der Waals surface area (Å²) in [6, 6.07) is 0.110. The molecule has 5 heteroatoms. The zero-order valence-corrected chi connectivity index (χ0v) is 11.3. The molecule has 17 heavy (non-hydrogen) atoms. The Balaban J connectivity index is 1.92. The van der Waals surface area contributed by atoms with Gasteiger partial charge in [0, 0.05) is 33.7 Å². The van der Waals surface area contributed by atoms with Crippen molar-refractivity contribution in [3.8, 4) is 0 Å². The Morgan fingerprint density at radius 1 is 1.35 bits per heavy atom. The molecule has 2 amide bonds. The third-order valence-electron chi connectivity index (χ3n) is 3.91. The van der Waals surface area contributed by atoms with Crippen molar-refractivity contribution in [2.24, 2.45) is 0 Å². The molecule has 5 nitrogen and oxygen atoms in total. The molecule has 0 aromatic heterocycles. The molecular weight excluding hydrogens is 218 g/mol. The first kappa shape index (κ1) is 12.6. The van der Waals surface area contributed by atoms with E-state index in [2.05, 4.69) is 18.9 Å². The molecular formula is C12H23N3O2. The van der Waals surface area contributed by atoms with E-state index >= 15 is 0 Å². The molecule has 2 saturated heterocycles. The predicted molar refractivity (Wildman–Crippen MR) is 65.8 cm³/mol. The summed E-state index contributed by atoms with van der Waals surface area (Å²) in [6.45, 7) is 4.68. The summed E-state index contributed by atoms with van der Waals surface area (Å²) in [7, 11) is 5.69. The fourth-order valence-electron chi connectivity index (χ4n) is 2.74. The number of rotatable bonds is 0. The van der Waals surface area contributed by atoms with Crippen LogP contribution in [0.4, 0.5) is 4.79 Å². The van der Waals surface area contributed by atoms with E-state index in [1.165, 1.54) is 0 Å². The van der Waals surface area contributed by atoms with Crippen molar-refractivity contribution >= 4 is 6.03 Å². The maximum atomic E-state index is 11.8.